The molecule has 2 aliphatic heterocycles. The summed E-state index contributed by atoms with van der Waals surface area (Å²) in [4.78, 5) is 18.5. The summed E-state index contributed by atoms with van der Waals surface area (Å²) in [5, 5.41) is 0. The predicted molar refractivity (Wildman–Crippen MR) is 79.8 cm³/mol. The first-order chi connectivity index (χ1) is 10.2. The van der Waals surface area contributed by atoms with Gasteiger partial charge in [-0.05, 0) is 31.1 Å². The van der Waals surface area contributed by atoms with Gasteiger partial charge in [0.05, 0.1) is 0 Å². The number of hydrogen-bond donors (Lipinski definition) is 0. The molecule has 5 heteroatoms. The van der Waals surface area contributed by atoms with E-state index in [4.69, 9.17) is 4.74 Å². The molecule has 2 atom stereocenters. The highest BCUT2D eigenvalue weighted by atomic mass is 16.5. The van der Waals surface area contributed by atoms with Crippen LogP contribution >= 0.6 is 0 Å². The molecule has 0 aromatic carbocycles. The van der Waals surface area contributed by atoms with Gasteiger partial charge >= 0.3 is 0 Å². The number of aromatic nitrogens is 2. The lowest BCUT2D eigenvalue weighted by Crippen LogP contribution is -2.35. The number of ether oxygens (including phenoxy) is 1. The third-order valence-corrected chi connectivity index (χ3v) is 4.80. The van der Waals surface area contributed by atoms with Crippen LogP contribution in [0.1, 0.15) is 31.5 Å². The van der Waals surface area contributed by atoms with Crippen LogP contribution in [0.3, 0.4) is 0 Å². The number of carbonyl (C=O) groups excluding carboxylic acids is 1. The molecule has 5 nitrogen and oxygen atoms in total. The van der Waals surface area contributed by atoms with Crippen molar-refractivity contribution < 1.29 is 9.53 Å². The molecule has 116 valence electrons. The van der Waals surface area contributed by atoms with Crippen LogP contribution in [0.5, 0.6) is 0 Å². The highest BCUT2D eigenvalue weighted by molar-refractivity contribution is 5.75. The fourth-order valence-corrected chi connectivity index (χ4v) is 3.39. The van der Waals surface area contributed by atoms with E-state index in [2.05, 4.69) is 9.55 Å². The van der Waals surface area contributed by atoms with Crippen LogP contribution < -0.4 is 0 Å². The molecule has 0 saturated carbocycles. The monoisotopic (exact) mass is 291 g/mol. The van der Waals surface area contributed by atoms with Gasteiger partial charge in [-0.2, -0.15) is 0 Å². The predicted octanol–water partition coefficient (Wildman–Crippen LogP) is 1.72. The molecule has 2 aliphatic rings. The molecule has 0 N–H and O–H groups in total. The first-order valence-electron chi connectivity index (χ1n) is 8.04. The maximum Gasteiger partial charge on any atom is 0.222 e. The molecule has 3 heterocycles. The van der Waals surface area contributed by atoms with E-state index in [-0.39, 0.29) is 5.91 Å². The van der Waals surface area contributed by atoms with Crippen LogP contribution in [0.4, 0.5) is 0 Å². The number of aryl methyl sites for hydroxylation is 1. The quantitative estimate of drug-likeness (QED) is 0.830. The lowest BCUT2D eigenvalue weighted by Gasteiger charge is -2.28. The molecule has 0 radical (unpaired) electrons. The molecule has 0 unspecified atom stereocenters. The molecule has 21 heavy (non-hydrogen) atoms. The number of amides is 1. The van der Waals surface area contributed by atoms with E-state index in [1.807, 2.05) is 24.3 Å². The summed E-state index contributed by atoms with van der Waals surface area (Å²) in [6.07, 6.45) is 8.78. The first-order valence-corrected chi connectivity index (χ1v) is 8.04. The Kier molecular flexibility index (Phi) is 4.58. The van der Waals surface area contributed by atoms with Gasteiger partial charge in [0.15, 0.2) is 0 Å². The van der Waals surface area contributed by atoms with E-state index in [9.17, 15) is 4.79 Å². The van der Waals surface area contributed by atoms with E-state index in [0.717, 1.165) is 57.8 Å². The van der Waals surface area contributed by atoms with Gasteiger partial charge in [-0.25, -0.2) is 4.98 Å². The second-order valence-electron chi connectivity index (χ2n) is 6.44. The van der Waals surface area contributed by atoms with Gasteiger partial charge in [0.25, 0.3) is 0 Å². The highest BCUT2D eigenvalue weighted by Gasteiger charge is 2.23. The fraction of sp³-hybridized carbons (Fsp3) is 0.750. The zero-order chi connectivity index (χ0) is 14.7. The maximum atomic E-state index is 12.2. The highest BCUT2D eigenvalue weighted by Crippen LogP contribution is 2.21. The van der Waals surface area contributed by atoms with E-state index in [1.54, 1.807) is 0 Å². The molecule has 1 aromatic rings. The van der Waals surface area contributed by atoms with Gasteiger partial charge in [-0.15, -0.1) is 0 Å². The molecule has 0 aliphatic carbocycles. The zero-order valence-electron chi connectivity index (χ0n) is 12.8. The largest absolute Gasteiger partial charge is 0.381 e. The zero-order valence-corrected chi connectivity index (χ0v) is 12.8. The van der Waals surface area contributed by atoms with Crippen LogP contribution in [0.2, 0.25) is 0 Å². The number of rotatable bonds is 5. The van der Waals surface area contributed by atoms with Crippen molar-refractivity contribution in [2.45, 2.75) is 38.6 Å². The SMILES string of the molecule is CN(C[C@@H]1CCn2ccnc2C1)C(=O)CC[C@H]1CCOC1. The third kappa shape index (κ3) is 3.64. The number of fused-ring (bicyclic) bond motifs is 1. The smallest absolute Gasteiger partial charge is 0.222 e. The third-order valence-electron chi connectivity index (χ3n) is 4.80. The van der Waals surface area contributed by atoms with Crippen LogP contribution in [-0.2, 0) is 22.5 Å². The van der Waals surface area contributed by atoms with E-state index >= 15 is 0 Å². The Labute approximate surface area is 126 Å². The Morgan fingerprint density at radius 1 is 1.48 bits per heavy atom. The van der Waals surface area contributed by atoms with Crippen molar-refractivity contribution in [3.63, 3.8) is 0 Å². The summed E-state index contributed by atoms with van der Waals surface area (Å²) in [6, 6.07) is 0. The summed E-state index contributed by atoms with van der Waals surface area (Å²) in [7, 11) is 1.94. The van der Waals surface area contributed by atoms with E-state index in [1.165, 1.54) is 0 Å². The van der Waals surface area contributed by atoms with Crippen LogP contribution in [0.15, 0.2) is 12.4 Å². The molecular formula is C16H25N3O2. The minimum absolute atomic E-state index is 0.274. The molecule has 1 saturated heterocycles. The topological polar surface area (TPSA) is 47.4 Å². The Morgan fingerprint density at radius 3 is 3.19 bits per heavy atom. The van der Waals surface area contributed by atoms with Gasteiger partial charge in [0.2, 0.25) is 5.91 Å². The van der Waals surface area contributed by atoms with Crippen LogP contribution in [0.25, 0.3) is 0 Å². The van der Waals surface area contributed by atoms with Gasteiger partial charge in [-0.1, -0.05) is 0 Å². The molecule has 1 amide bonds. The fourth-order valence-electron chi connectivity index (χ4n) is 3.39. The van der Waals surface area contributed by atoms with Crippen molar-refractivity contribution in [1.29, 1.82) is 0 Å². The molecule has 1 fully saturated rings. The minimum atomic E-state index is 0.274. The summed E-state index contributed by atoms with van der Waals surface area (Å²) in [5.74, 6) is 2.57. The maximum absolute atomic E-state index is 12.2. The van der Waals surface area contributed by atoms with Crippen molar-refractivity contribution in [1.82, 2.24) is 14.5 Å². The van der Waals surface area contributed by atoms with Crippen LogP contribution in [-0.4, -0.2) is 47.2 Å². The summed E-state index contributed by atoms with van der Waals surface area (Å²) >= 11 is 0. The van der Waals surface area contributed by atoms with Crippen LogP contribution in [0, 0.1) is 11.8 Å². The molecule has 3 rings (SSSR count). The number of imidazole rings is 1. The van der Waals surface area contributed by atoms with Gasteiger partial charge in [0, 0.05) is 58.6 Å². The Morgan fingerprint density at radius 2 is 2.38 bits per heavy atom. The van der Waals surface area contributed by atoms with Crippen molar-refractivity contribution in [3.05, 3.63) is 18.2 Å². The van der Waals surface area contributed by atoms with Crippen molar-refractivity contribution in [2.24, 2.45) is 11.8 Å². The summed E-state index contributed by atoms with van der Waals surface area (Å²) in [5.41, 5.74) is 0. The summed E-state index contributed by atoms with van der Waals surface area (Å²) in [6.45, 7) is 3.58. The Balaban J connectivity index is 1.43. The second-order valence-corrected chi connectivity index (χ2v) is 6.44. The van der Waals surface area contributed by atoms with E-state index in [0.29, 0.717) is 18.3 Å². The minimum Gasteiger partial charge on any atom is -0.381 e. The van der Waals surface area contributed by atoms with E-state index < -0.39 is 0 Å². The average molecular weight is 291 g/mol. The van der Waals surface area contributed by atoms with Gasteiger partial charge in [0.1, 0.15) is 5.82 Å². The lowest BCUT2D eigenvalue weighted by atomic mass is 9.97. The lowest BCUT2D eigenvalue weighted by molar-refractivity contribution is -0.130. The van der Waals surface area contributed by atoms with Crippen molar-refractivity contribution >= 4 is 5.91 Å². The molecule has 0 bridgehead atoms. The second kappa shape index (κ2) is 6.60. The van der Waals surface area contributed by atoms with Crippen molar-refractivity contribution in [2.75, 3.05) is 26.8 Å². The number of carbonyl (C=O) groups is 1. The van der Waals surface area contributed by atoms with Gasteiger partial charge in [-0.3, -0.25) is 4.79 Å². The van der Waals surface area contributed by atoms with Crippen molar-refractivity contribution in [3.8, 4) is 0 Å². The summed E-state index contributed by atoms with van der Waals surface area (Å²) < 4.78 is 7.58. The Bertz CT molecular complexity index is 480. The molecule has 1 aromatic heterocycles. The van der Waals surface area contributed by atoms with Gasteiger partial charge < -0.3 is 14.2 Å². The number of hydrogen-bond acceptors (Lipinski definition) is 3. The molecular weight excluding hydrogens is 266 g/mol. The molecule has 0 spiro atoms. The average Bonchev–Trinajstić information content (AvgIpc) is 3.15. The first kappa shape index (κ1) is 14.6. The normalized spacial score (nSPS) is 24.8. The number of nitrogens with zero attached hydrogens (tertiary/aromatic N) is 3. The Hall–Kier alpha value is -1.36. The standard InChI is InChI=1S/C16H25N3O2/c1-18(16(20)3-2-13-5-9-21-12-13)11-14-4-7-19-8-6-17-15(19)10-14/h6,8,13-14H,2-5,7,9-12H2,1H3/t13-,14+/m0/s1.